The molecule has 0 spiro atoms. The Morgan fingerprint density at radius 3 is 2.22 bits per heavy atom. The topological polar surface area (TPSA) is 52.5 Å². The fraction of sp³-hybridized carbons (Fsp3) is 0.600. The van der Waals surface area contributed by atoms with Crippen molar-refractivity contribution in [1.82, 2.24) is 0 Å². The van der Waals surface area contributed by atoms with Gasteiger partial charge in [-0.15, -0.1) is 0 Å². The lowest BCUT2D eigenvalue weighted by Crippen LogP contribution is -2.01. The van der Waals surface area contributed by atoms with E-state index in [1.807, 2.05) is 0 Å². The van der Waals surface area contributed by atoms with Crippen molar-refractivity contribution in [1.29, 1.82) is 0 Å². The highest BCUT2D eigenvalue weighted by atomic mass is 16.3. The molecule has 0 amide bonds. The number of phenolic OH excluding ortho intramolecular Hbond substituents is 2. The Labute approximate surface area is 110 Å². The fourth-order valence-electron chi connectivity index (χ4n) is 1.95. The molecule has 0 radical (unpaired) electrons. The van der Waals surface area contributed by atoms with E-state index in [2.05, 4.69) is 12.2 Å². The van der Waals surface area contributed by atoms with Gasteiger partial charge < -0.3 is 15.5 Å². The van der Waals surface area contributed by atoms with Gasteiger partial charge in [-0.1, -0.05) is 45.4 Å². The molecular weight excluding hydrogens is 226 g/mol. The molecule has 1 rings (SSSR count). The van der Waals surface area contributed by atoms with Crippen LogP contribution in [0.3, 0.4) is 0 Å². The number of hydrogen-bond acceptors (Lipinski definition) is 3. The molecule has 0 aliphatic carbocycles. The molecule has 102 valence electrons. The molecule has 1 aromatic rings. The molecule has 0 heterocycles. The highest BCUT2D eigenvalue weighted by Gasteiger charge is 1.99. The monoisotopic (exact) mass is 251 g/mol. The van der Waals surface area contributed by atoms with Crippen molar-refractivity contribution in [3.8, 4) is 11.5 Å². The van der Waals surface area contributed by atoms with Crippen molar-refractivity contribution in [3.05, 3.63) is 18.2 Å². The normalized spacial score (nSPS) is 10.5. The molecule has 0 atom stereocenters. The molecule has 0 aliphatic heterocycles. The van der Waals surface area contributed by atoms with Crippen molar-refractivity contribution in [2.75, 3.05) is 11.9 Å². The van der Waals surface area contributed by atoms with E-state index < -0.39 is 0 Å². The lowest BCUT2D eigenvalue weighted by atomic mass is 10.1. The zero-order valence-electron chi connectivity index (χ0n) is 11.3. The first-order chi connectivity index (χ1) is 8.74. The Bertz CT molecular complexity index is 339. The smallest absolute Gasteiger partial charge is 0.159 e. The number of rotatable bonds is 9. The molecule has 3 heteroatoms. The third kappa shape index (κ3) is 5.80. The third-order valence-electron chi connectivity index (χ3n) is 3.08. The van der Waals surface area contributed by atoms with Gasteiger partial charge in [0.25, 0.3) is 0 Å². The first-order valence-corrected chi connectivity index (χ1v) is 7.00. The van der Waals surface area contributed by atoms with Crippen molar-refractivity contribution < 1.29 is 10.2 Å². The van der Waals surface area contributed by atoms with E-state index in [-0.39, 0.29) is 11.5 Å². The molecule has 0 saturated heterocycles. The molecule has 3 nitrogen and oxygen atoms in total. The molecule has 1 aromatic carbocycles. The number of unbranched alkanes of at least 4 members (excludes halogenated alkanes) is 6. The summed E-state index contributed by atoms with van der Waals surface area (Å²) in [5.41, 5.74) is 0.858. The van der Waals surface area contributed by atoms with Crippen molar-refractivity contribution in [2.24, 2.45) is 0 Å². The van der Waals surface area contributed by atoms with Gasteiger partial charge >= 0.3 is 0 Å². The van der Waals surface area contributed by atoms with Gasteiger partial charge in [0.15, 0.2) is 11.5 Å². The van der Waals surface area contributed by atoms with Crippen molar-refractivity contribution in [3.63, 3.8) is 0 Å². The molecule has 0 bridgehead atoms. The van der Waals surface area contributed by atoms with Gasteiger partial charge in [0.2, 0.25) is 0 Å². The number of anilines is 1. The van der Waals surface area contributed by atoms with Crippen LogP contribution in [0.5, 0.6) is 11.5 Å². The van der Waals surface area contributed by atoms with E-state index >= 15 is 0 Å². The second kappa shape index (κ2) is 8.67. The van der Waals surface area contributed by atoms with Crippen LogP contribution in [0, 0.1) is 0 Å². The largest absolute Gasteiger partial charge is 0.504 e. The number of nitrogens with one attached hydrogen (secondary N) is 1. The second-order valence-corrected chi connectivity index (χ2v) is 4.75. The Kier molecular flexibility index (Phi) is 7.07. The highest BCUT2D eigenvalue weighted by Crippen LogP contribution is 2.27. The Morgan fingerprint density at radius 1 is 0.889 bits per heavy atom. The van der Waals surface area contributed by atoms with Crippen LogP contribution in [0.2, 0.25) is 0 Å². The van der Waals surface area contributed by atoms with Crippen LogP contribution in [0.25, 0.3) is 0 Å². The number of aromatic hydroxyl groups is 2. The van der Waals surface area contributed by atoms with Gasteiger partial charge in [-0.05, 0) is 18.6 Å². The number of phenols is 2. The minimum Gasteiger partial charge on any atom is -0.504 e. The second-order valence-electron chi connectivity index (χ2n) is 4.75. The van der Waals surface area contributed by atoms with E-state index in [0.717, 1.165) is 18.7 Å². The Balaban J connectivity index is 2.05. The van der Waals surface area contributed by atoms with Gasteiger partial charge in [-0.25, -0.2) is 0 Å². The average molecular weight is 251 g/mol. The summed E-state index contributed by atoms with van der Waals surface area (Å²) in [5.74, 6) is -0.143. The molecule has 3 N–H and O–H groups in total. The van der Waals surface area contributed by atoms with Gasteiger partial charge in [0, 0.05) is 18.3 Å². The summed E-state index contributed by atoms with van der Waals surface area (Å²) in [7, 11) is 0. The maximum atomic E-state index is 9.33. The predicted molar refractivity (Wildman–Crippen MR) is 76.3 cm³/mol. The maximum Gasteiger partial charge on any atom is 0.159 e. The van der Waals surface area contributed by atoms with Crippen molar-refractivity contribution in [2.45, 2.75) is 51.9 Å². The van der Waals surface area contributed by atoms with Crippen LogP contribution >= 0.6 is 0 Å². The van der Waals surface area contributed by atoms with Gasteiger partial charge in [-0.2, -0.15) is 0 Å². The van der Waals surface area contributed by atoms with Gasteiger partial charge in [0.05, 0.1) is 0 Å². The minimum absolute atomic E-state index is 0.0698. The lowest BCUT2D eigenvalue weighted by Gasteiger charge is -2.07. The Hall–Kier alpha value is -1.38. The molecule has 18 heavy (non-hydrogen) atoms. The summed E-state index contributed by atoms with van der Waals surface area (Å²) in [5, 5.41) is 21.8. The highest BCUT2D eigenvalue weighted by molar-refractivity contribution is 5.53. The summed E-state index contributed by atoms with van der Waals surface area (Å²) in [6.07, 6.45) is 9.05. The first-order valence-electron chi connectivity index (χ1n) is 7.00. The zero-order valence-corrected chi connectivity index (χ0v) is 11.3. The van der Waals surface area contributed by atoms with E-state index in [9.17, 15) is 10.2 Å². The summed E-state index contributed by atoms with van der Waals surface area (Å²) >= 11 is 0. The van der Waals surface area contributed by atoms with Crippen LogP contribution < -0.4 is 5.32 Å². The quantitative estimate of drug-likeness (QED) is 0.349. The van der Waals surface area contributed by atoms with E-state index in [4.69, 9.17) is 0 Å². The van der Waals surface area contributed by atoms with Crippen LogP contribution in [0.15, 0.2) is 18.2 Å². The zero-order chi connectivity index (χ0) is 13.2. The van der Waals surface area contributed by atoms with E-state index in [0.29, 0.717) is 0 Å². The van der Waals surface area contributed by atoms with Gasteiger partial charge in [0.1, 0.15) is 0 Å². The maximum absolute atomic E-state index is 9.33. The standard InChI is InChI=1S/C15H25NO2/c1-2-3-4-5-6-7-8-11-16-13-9-10-14(17)15(18)12-13/h9-10,12,16-18H,2-8,11H2,1H3. The van der Waals surface area contributed by atoms with Crippen LogP contribution in [-0.4, -0.2) is 16.8 Å². The van der Waals surface area contributed by atoms with Gasteiger partial charge in [-0.3, -0.25) is 0 Å². The lowest BCUT2D eigenvalue weighted by molar-refractivity contribution is 0.404. The molecular formula is C15H25NO2. The minimum atomic E-state index is -0.0727. The summed E-state index contributed by atoms with van der Waals surface area (Å²) in [6.45, 7) is 3.15. The van der Waals surface area contributed by atoms with Crippen molar-refractivity contribution >= 4 is 5.69 Å². The van der Waals surface area contributed by atoms with E-state index in [1.54, 1.807) is 12.1 Å². The SMILES string of the molecule is CCCCCCCCCNc1ccc(O)c(O)c1. The number of benzene rings is 1. The summed E-state index contributed by atoms with van der Waals surface area (Å²) < 4.78 is 0. The molecule has 0 aliphatic rings. The predicted octanol–water partition coefficient (Wildman–Crippen LogP) is 4.26. The average Bonchev–Trinajstić information content (AvgIpc) is 2.37. The van der Waals surface area contributed by atoms with Crippen LogP contribution in [0.1, 0.15) is 51.9 Å². The van der Waals surface area contributed by atoms with Crippen LogP contribution in [0.4, 0.5) is 5.69 Å². The summed E-state index contributed by atoms with van der Waals surface area (Å²) in [6, 6.07) is 4.83. The summed E-state index contributed by atoms with van der Waals surface area (Å²) in [4.78, 5) is 0. The first kappa shape index (κ1) is 14.7. The fourth-order valence-corrected chi connectivity index (χ4v) is 1.95. The third-order valence-corrected chi connectivity index (χ3v) is 3.08. The molecule has 0 unspecified atom stereocenters. The van der Waals surface area contributed by atoms with E-state index in [1.165, 1.54) is 44.6 Å². The van der Waals surface area contributed by atoms with Crippen LogP contribution in [-0.2, 0) is 0 Å². The number of hydrogen-bond donors (Lipinski definition) is 3. The Morgan fingerprint density at radius 2 is 1.56 bits per heavy atom. The molecule has 0 fully saturated rings. The molecule has 0 saturated carbocycles. The molecule has 0 aromatic heterocycles.